The number of piperazine rings is 2. The standard InChI is InChI=1S/C22H34N4O3/c1-18-6-5-7-19(16-18)24-12-14-25(15-13-24)20(27)17-23-8-10-26(11-9-23)21(28)29-22(2,3)4/h5-7,16H,8-15,17H2,1-4H3. The van der Waals surface area contributed by atoms with Crippen LogP contribution >= 0.6 is 0 Å². The minimum Gasteiger partial charge on any atom is -0.444 e. The molecule has 29 heavy (non-hydrogen) atoms. The zero-order valence-electron chi connectivity index (χ0n) is 18.2. The summed E-state index contributed by atoms with van der Waals surface area (Å²) >= 11 is 0. The number of benzene rings is 1. The number of hydrogen-bond donors (Lipinski definition) is 0. The van der Waals surface area contributed by atoms with E-state index in [2.05, 4.69) is 41.0 Å². The summed E-state index contributed by atoms with van der Waals surface area (Å²) in [5, 5.41) is 0. The molecule has 0 spiro atoms. The fourth-order valence-electron chi connectivity index (χ4n) is 3.75. The van der Waals surface area contributed by atoms with E-state index in [9.17, 15) is 9.59 Å². The van der Waals surface area contributed by atoms with Crippen molar-refractivity contribution in [1.29, 1.82) is 0 Å². The van der Waals surface area contributed by atoms with Crippen molar-refractivity contribution in [3.8, 4) is 0 Å². The second-order valence-corrected chi connectivity index (χ2v) is 8.95. The van der Waals surface area contributed by atoms with Crippen molar-refractivity contribution in [3.05, 3.63) is 29.8 Å². The Morgan fingerprint density at radius 3 is 2.14 bits per heavy atom. The topological polar surface area (TPSA) is 56.3 Å². The van der Waals surface area contributed by atoms with Gasteiger partial charge in [0.25, 0.3) is 0 Å². The van der Waals surface area contributed by atoms with Gasteiger partial charge in [-0.25, -0.2) is 4.79 Å². The molecule has 0 aliphatic carbocycles. The number of hydrogen-bond acceptors (Lipinski definition) is 5. The van der Waals surface area contributed by atoms with E-state index in [0.717, 1.165) is 26.2 Å². The minimum absolute atomic E-state index is 0.180. The summed E-state index contributed by atoms with van der Waals surface area (Å²) in [4.78, 5) is 33.1. The van der Waals surface area contributed by atoms with E-state index in [1.807, 2.05) is 25.7 Å². The molecule has 1 aromatic carbocycles. The number of anilines is 1. The van der Waals surface area contributed by atoms with E-state index in [0.29, 0.717) is 32.7 Å². The number of rotatable bonds is 3. The molecule has 7 heteroatoms. The number of carbonyl (C=O) groups excluding carboxylic acids is 2. The van der Waals surface area contributed by atoms with Crippen molar-refractivity contribution in [2.24, 2.45) is 0 Å². The van der Waals surface area contributed by atoms with Gasteiger partial charge in [0.05, 0.1) is 6.54 Å². The minimum atomic E-state index is -0.481. The molecule has 0 saturated carbocycles. The summed E-state index contributed by atoms with van der Waals surface area (Å²) < 4.78 is 5.43. The summed E-state index contributed by atoms with van der Waals surface area (Å²) in [7, 11) is 0. The molecule has 2 fully saturated rings. The molecule has 1 aromatic rings. The molecule has 3 rings (SSSR count). The Morgan fingerprint density at radius 1 is 0.931 bits per heavy atom. The Labute approximate surface area is 174 Å². The number of nitrogens with zero attached hydrogens (tertiary/aromatic N) is 4. The molecule has 160 valence electrons. The first-order valence-electron chi connectivity index (χ1n) is 10.5. The van der Waals surface area contributed by atoms with Crippen molar-refractivity contribution < 1.29 is 14.3 Å². The van der Waals surface area contributed by atoms with Crippen molar-refractivity contribution in [2.75, 3.05) is 63.8 Å². The smallest absolute Gasteiger partial charge is 0.410 e. The fourth-order valence-corrected chi connectivity index (χ4v) is 3.75. The highest BCUT2D eigenvalue weighted by Gasteiger charge is 2.28. The molecule has 0 radical (unpaired) electrons. The number of amides is 2. The highest BCUT2D eigenvalue weighted by Crippen LogP contribution is 2.18. The quantitative estimate of drug-likeness (QED) is 0.776. The van der Waals surface area contributed by atoms with Crippen LogP contribution < -0.4 is 4.90 Å². The Bertz CT molecular complexity index is 715. The van der Waals surface area contributed by atoms with Crippen molar-refractivity contribution in [1.82, 2.24) is 14.7 Å². The van der Waals surface area contributed by atoms with Gasteiger partial charge >= 0.3 is 6.09 Å². The molecule has 2 saturated heterocycles. The second-order valence-electron chi connectivity index (χ2n) is 8.95. The summed E-state index contributed by atoms with van der Waals surface area (Å²) in [6.45, 7) is 14.0. The van der Waals surface area contributed by atoms with E-state index in [1.165, 1.54) is 11.3 Å². The van der Waals surface area contributed by atoms with Gasteiger partial charge in [-0.1, -0.05) is 12.1 Å². The predicted molar refractivity (Wildman–Crippen MR) is 114 cm³/mol. The molecule has 0 aromatic heterocycles. The fraction of sp³-hybridized carbons (Fsp3) is 0.636. The molecule has 0 bridgehead atoms. The summed E-state index contributed by atoms with van der Waals surface area (Å²) in [5.41, 5.74) is 2.01. The normalized spacial score (nSPS) is 18.7. The van der Waals surface area contributed by atoms with Crippen LogP contribution in [0, 0.1) is 6.92 Å². The SMILES string of the molecule is Cc1cccc(N2CCN(C(=O)CN3CCN(C(=O)OC(C)(C)C)CC3)CC2)c1. The maximum absolute atomic E-state index is 12.7. The van der Waals surface area contributed by atoms with E-state index in [1.54, 1.807) is 4.90 Å². The molecule has 0 unspecified atom stereocenters. The third-order valence-corrected chi connectivity index (χ3v) is 5.38. The summed E-state index contributed by atoms with van der Waals surface area (Å²) in [6, 6.07) is 8.52. The average molecular weight is 403 g/mol. The van der Waals surface area contributed by atoms with Gasteiger partial charge in [-0.2, -0.15) is 0 Å². The molecule has 7 nitrogen and oxygen atoms in total. The van der Waals surface area contributed by atoms with Crippen LogP contribution in [0.1, 0.15) is 26.3 Å². The molecular weight excluding hydrogens is 368 g/mol. The summed E-state index contributed by atoms with van der Waals surface area (Å²) in [6.07, 6.45) is -0.268. The van der Waals surface area contributed by atoms with Crippen LogP contribution in [0.5, 0.6) is 0 Å². The van der Waals surface area contributed by atoms with Crippen LogP contribution in [0.2, 0.25) is 0 Å². The third-order valence-electron chi connectivity index (χ3n) is 5.38. The van der Waals surface area contributed by atoms with Gasteiger partial charge in [-0.05, 0) is 45.4 Å². The van der Waals surface area contributed by atoms with Crippen LogP contribution in [-0.2, 0) is 9.53 Å². The van der Waals surface area contributed by atoms with Crippen LogP contribution in [0.25, 0.3) is 0 Å². The van der Waals surface area contributed by atoms with E-state index >= 15 is 0 Å². The third kappa shape index (κ3) is 6.10. The highest BCUT2D eigenvalue weighted by atomic mass is 16.6. The van der Waals surface area contributed by atoms with E-state index < -0.39 is 5.60 Å². The van der Waals surface area contributed by atoms with Gasteiger partial charge < -0.3 is 19.4 Å². The first-order chi connectivity index (χ1) is 13.7. The van der Waals surface area contributed by atoms with Gasteiger partial charge in [0.15, 0.2) is 0 Å². The van der Waals surface area contributed by atoms with E-state index in [4.69, 9.17) is 4.74 Å². The van der Waals surface area contributed by atoms with E-state index in [-0.39, 0.29) is 12.0 Å². The molecule has 0 N–H and O–H groups in total. The molecule has 2 heterocycles. The van der Waals surface area contributed by atoms with Crippen LogP contribution in [0.15, 0.2) is 24.3 Å². The first-order valence-corrected chi connectivity index (χ1v) is 10.5. The van der Waals surface area contributed by atoms with Crippen molar-refractivity contribution in [3.63, 3.8) is 0 Å². The highest BCUT2D eigenvalue weighted by molar-refractivity contribution is 5.78. The van der Waals surface area contributed by atoms with Gasteiger partial charge in [0, 0.05) is 58.0 Å². The molecule has 2 aliphatic heterocycles. The Morgan fingerprint density at radius 2 is 1.55 bits per heavy atom. The molecule has 0 atom stereocenters. The van der Waals surface area contributed by atoms with Crippen LogP contribution in [0.3, 0.4) is 0 Å². The van der Waals surface area contributed by atoms with Gasteiger partial charge in [-0.15, -0.1) is 0 Å². The first kappa shape index (κ1) is 21.4. The van der Waals surface area contributed by atoms with Crippen LogP contribution in [0.4, 0.5) is 10.5 Å². The lowest BCUT2D eigenvalue weighted by Crippen LogP contribution is -2.54. The Balaban J connectivity index is 1.41. The largest absolute Gasteiger partial charge is 0.444 e. The summed E-state index contributed by atoms with van der Waals surface area (Å²) in [5.74, 6) is 0.180. The zero-order valence-corrected chi connectivity index (χ0v) is 18.2. The second kappa shape index (κ2) is 9.03. The number of ether oxygens (including phenoxy) is 1. The van der Waals surface area contributed by atoms with Gasteiger partial charge in [0.1, 0.15) is 5.60 Å². The van der Waals surface area contributed by atoms with Crippen LogP contribution in [-0.4, -0.2) is 91.2 Å². The molecule has 2 amide bonds. The molecular formula is C22H34N4O3. The van der Waals surface area contributed by atoms with Crippen molar-refractivity contribution >= 4 is 17.7 Å². The van der Waals surface area contributed by atoms with Gasteiger partial charge in [-0.3, -0.25) is 9.69 Å². The molecule has 2 aliphatic rings. The lowest BCUT2D eigenvalue weighted by molar-refractivity contribution is -0.133. The predicted octanol–water partition coefficient (Wildman–Crippen LogP) is 2.20. The maximum atomic E-state index is 12.7. The van der Waals surface area contributed by atoms with Crippen molar-refractivity contribution in [2.45, 2.75) is 33.3 Å². The Hall–Kier alpha value is -2.28. The van der Waals surface area contributed by atoms with Gasteiger partial charge in [0.2, 0.25) is 5.91 Å². The Kier molecular flexibility index (Phi) is 6.67. The zero-order chi connectivity index (χ0) is 21.0. The maximum Gasteiger partial charge on any atom is 0.410 e. The monoisotopic (exact) mass is 402 g/mol. The lowest BCUT2D eigenvalue weighted by atomic mass is 10.2. The number of carbonyl (C=O) groups is 2. The average Bonchev–Trinajstić information content (AvgIpc) is 2.67. The lowest BCUT2D eigenvalue weighted by Gasteiger charge is -2.38. The number of aryl methyl sites for hydroxylation is 1.